The molecule has 1 N–H and O–H groups in total. The summed E-state index contributed by atoms with van der Waals surface area (Å²) in [4.78, 5) is 0. The van der Waals surface area contributed by atoms with Crippen molar-refractivity contribution < 1.29 is 5.11 Å². The maximum absolute atomic E-state index is 8.57. The van der Waals surface area contributed by atoms with Crippen molar-refractivity contribution >= 4 is 34.1 Å². The summed E-state index contributed by atoms with van der Waals surface area (Å²) in [5.74, 6) is 0.390. The van der Waals surface area contributed by atoms with Crippen LogP contribution in [0.4, 0.5) is 0 Å². The van der Waals surface area contributed by atoms with Gasteiger partial charge in [-0.2, -0.15) is 0 Å². The van der Waals surface area contributed by atoms with E-state index in [0.717, 1.165) is 27.0 Å². The van der Waals surface area contributed by atoms with Crippen molar-refractivity contribution in [2.75, 3.05) is 5.88 Å². The van der Waals surface area contributed by atoms with Gasteiger partial charge >= 0.3 is 55.7 Å². The molecule has 1 nitrogen and oxygen atoms in total. The van der Waals surface area contributed by atoms with Crippen LogP contribution in [0.3, 0.4) is 0 Å². The van der Waals surface area contributed by atoms with Crippen molar-refractivity contribution in [3.63, 3.8) is 0 Å². The number of alkyl halides is 1. The van der Waals surface area contributed by atoms with E-state index in [1.165, 1.54) is 0 Å². The van der Waals surface area contributed by atoms with E-state index in [1.807, 2.05) is 0 Å². The minimum absolute atomic E-state index is 0.242. The molecule has 1 unspecified atom stereocenters. The summed E-state index contributed by atoms with van der Waals surface area (Å²) < 4.78 is 0.883. The summed E-state index contributed by atoms with van der Waals surface area (Å²) in [6.07, 6.45) is -0.242. The zero-order valence-corrected chi connectivity index (χ0v) is 7.45. The number of aliphatic hydroxyl groups is 1. The topological polar surface area (TPSA) is 20.2 Å². The second kappa shape index (κ2) is 4.21. The Bertz CT molecular complexity index is 30.0. The van der Waals surface area contributed by atoms with Crippen LogP contribution in [-0.4, -0.2) is 39.6 Å². The molecule has 0 saturated heterocycles. The predicted molar refractivity (Wildman–Crippen MR) is 28.7 cm³/mol. The van der Waals surface area contributed by atoms with Gasteiger partial charge in [-0.3, -0.25) is 0 Å². The average Bonchev–Trinajstić information content (AvgIpc) is 1.65. The van der Waals surface area contributed by atoms with Crippen LogP contribution in [0, 0.1) is 0 Å². The number of hydrogen-bond acceptors (Lipinski definition) is 1. The third kappa shape index (κ3) is 3.25. The molecule has 0 aliphatic carbocycles. The fourth-order valence-corrected chi connectivity index (χ4v) is 1.27. The molecule has 0 bridgehead atoms. The molecule has 0 heterocycles. The van der Waals surface area contributed by atoms with Gasteiger partial charge in [-0.05, 0) is 0 Å². The number of halogens is 1. The van der Waals surface area contributed by atoms with E-state index >= 15 is 0 Å². The molecule has 6 heavy (non-hydrogen) atoms. The average molecular weight is 213 g/mol. The minimum atomic E-state index is -0.242. The van der Waals surface area contributed by atoms with Crippen LogP contribution in [0.25, 0.3) is 0 Å². The first-order chi connectivity index (χ1) is 2.81. The van der Waals surface area contributed by atoms with Gasteiger partial charge in [0.15, 0.2) is 0 Å². The molecule has 0 aliphatic rings. The van der Waals surface area contributed by atoms with Crippen molar-refractivity contribution in [2.24, 2.45) is 0 Å². The third-order valence-electron chi connectivity index (χ3n) is 0.450. The van der Waals surface area contributed by atoms with Crippen molar-refractivity contribution in [1.82, 2.24) is 0 Å². The van der Waals surface area contributed by atoms with E-state index in [1.54, 1.807) is 0 Å². The Hall–Kier alpha value is 1.05. The summed E-state index contributed by atoms with van der Waals surface area (Å²) in [6, 6.07) is 0. The fourth-order valence-electron chi connectivity index (χ4n) is 0.0630. The van der Waals surface area contributed by atoms with Crippen LogP contribution in [0.5, 0.6) is 0 Å². The Morgan fingerprint density at radius 2 is 2.33 bits per heavy atom. The standard InChI is InChI=1S/C3H6ClO.Sn.H/c1-3(5)2-4;;/h3,5H,1-2H2;;. The molecular weight excluding hydrogens is 206 g/mol. The summed E-state index contributed by atoms with van der Waals surface area (Å²) in [5, 5.41) is 8.57. The summed E-state index contributed by atoms with van der Waals surface area (Å²) in [6.45, 7) is 0. The van der Waals surface area contributed by atoms with Crippen molar-refractivity contribution in [1.29, 1.82) is 0 Å². The van der Waals surface area contributed by atoms with Crippen molar-refractivity contribution in [3.8, 4) is 0 Å². The summed E-state index contributed by atoms with van der Waals surface area (Å²) in [7, 11) is 0. The second-order valence-corrected chi connectivity index (χ2v) is 2.70. The van der Waals surface area contributed by atoms with Gasteiger partial charge < -0.3 is 0 Å². The van der Waals surface area contributed by atoms with Gasteiger partial charge in [0.25, 0.3) is 0 Å². The monoisotopic (exact) mass is 214 g/mol. The van der Waals surface area contributed by atoms with Gasteiger partial charge in [0.05, 0.1) is 0 Å². The van der Waals surface area contributed by atoms with E-state index in [2.05, 4.69) is 0 Å². The van der Waals surface area contributed by atoms with Gasteiger partial charge in [0.1, 0.15) is 0 Å². The molecule has 2 radical (unpaired) electrons. The predicted octanol–water partition coefficient (Wildman–Crippen LogP) is -0.0948. The molecule has 0 rings (SSSR count). The van der Waals surface area contributed by atoms with E-state index < -0.39 is 0 Å². The SMILES string of the molecule is OC(CCl)[CH2][SnH]. The van der Waals surface area contributed by atoms with Gasteiger partial charge in [-0.25, -0.2) is 0 Å². The van der Waals surface area contributed by atoms with Crippen LogP contribution in [0.2, 0.25) is 4.44 Å². The molecule has 0 spiro atoms. The van der Waals surface area contributed by atoms with E-state index in [0.29, 0.717) is 5.88 Å². The van der Waals surface area contributed by atoms with Crippen molar-refractivity contribution in [2.45, 2.75) is 10.5 Å². The Kier molecular flexibility index (Phi) is 4.95. The molecule has 0 saturated carbocycles. The van der Waals surface area contributed by atoms with E-state index in [4.69, 9.17) is 16.7 Å². The number of rotatable bonds is 2. The first kappa shape index (κ1) is 7.05. The van der Waals surface area contributed by atoms with E-state index in [9.17, 15) is 0 Å². The zero-order chi connectivity index (χ0) is 4.99. The molecule has 0 amide bonds. The second-order valence-electron chi connectivity index (χ2n) is 1.04. The first-order valence-corrected chi connectivity index (χ1v) is 4.62. The van der Waals surface area contributed by atoms with Gasteiger partial charge in [0.2, 0.25) is 0 Å². The summed E-state index contributed by atoms with van der Waals surface area (Å²) in [5.41, 5.74) is 0. The Balaban J connectivity index is 2.75. The fraction of sp³-hybridized carbons (Fsp3) is 1.00. The summed E-state index contributed by atoms with van der Waals surface area (Å²) >= 11 is 6.33. The molecular formula is C3H7ClOSn. The van der Waals surface area contributed by atoms with Gasteiger partial charge in [-0.1, -0.05) is 0 Å². The number of aliphatic hydroxyl groups excluding tert-OH is 1. The molecule has 0 fully saturated rings. The van der Waals surface area contributed by atoms with Crippen LogP contribution in [-0.2, 0) is 0 Å². The molecule has 1 atom stereocenters. The molecule has 0 aromatic carbocycles. The van der Waals surface area contributed by atoms with Crippen LogP contribution >= 0.6 is 11.6 Å². The molecule has 0 aliphatic heterocycles. The molecule has 0 aromatic heterocycles. The zero-order valence-electron chi connectivity index (χ0n) is 3.39. The van der Waals surface area contributed by atoms with Crippen LogP contribution in [0.15, 0.2) is 0 Å². The third-order valence-corrected chi connectivity index (χ3v) is 2.36. The van der Waals surface area contributed by atoms with E-state index in [-0.39, 0.29) is 6.10 Å². The van der Waals surface area contributed by atoms with Crippen molar-refractivity contribution in [3.05, 3.63) is 0 Å². The normalized spacial score (nSPS) is 14.5. The number of hydrogen-bond donors (Lipinski definition) is 1. The Morgan fingerprint density at radius 3 is 2.33 bits per heavy atom. The van der Waals surface area contributed by atoms with Gasteiger partial charge in [-0.15, -0.1) is 0 Å². The van der Waals surface area contributed by atoms with Crippen LogP contribution < -0.4 is 0 Å². The first-order valence-electron chi connectivity index (χ1n) is 1.75. The molecule has 3 heteroatoms. The quantitative estimate of drug-likeness (QED) is 0.502. The maximum atomic E-state index is 8.57. The molecule has 0 aromatic rings. The molecule has 36 valence electrons. The Labute approximate surface area is 55.8 Å². The van der Waals surface area contributed by atoms with Crippen LogP contribution in [0.1, 0.15) is 0 Å². The van der Waals surface area contributed by atoms with Gasteiger partial charge in [0, 0.05) is 0 Å². The Morgan fingerprint density at radius 1 is 1.83 bits per heavy atom.